The molecule has 144 valence electrons. The Balaban J connectivity index is 1.54. The van der Waals surface area contributed by atoms with Crippen LogP contribution in [0.15, 0.2) is 60.0 Å². The van der Waals surface area contributed by atoms with Crippen molar-refractivity contribution in [2.24, 2.45) is 0 Å². The molecule has 0 amide bonds. The molecule has 0 fully saturated rings. The largest absolute Gasteiger partial charge is 0.456 e. The number of ether oxygens (including phenoxy) is 1. The average molecular weight is 403 g/mol. The minimum Gasteiger partial charge on any atom is -0.456 e. The van der Waals surface area contributed by atoms with Crippen LogP contribution in [0.3, 0.4) is 0 Å². The predicted octanol–water partition coefficient (Wildman–Crippen LogP) is 5.89. The number of esters is 1. The van der Waals surface area contributed by atoms with Crippen LogP contribution in [0.1, 0.15) is 22.4 Å². The van der Waals surface area contributed by atoms with Crippen LogP contribution < -0.4 is 0 Å². The summed E-state index contributed by atoms with van der Waals surface area (Å²) in [7, 11) is 0. The molecule has 0 saturated carbocycles. The number of alkyl halides is 3. The molecule has 0 bridgehead atoms. The van der Waals surface area contributed by atoms with Crippen molar-refractivity contribution in [1.82, 2.24) is 4.98 Å². The Morgan fingerprint density at radius 3 is 2.43 bits per heavy atom. The number of benzene rings is 2. The second-order valence-electron chi connectivity index (χ2n) is 6.07. The van der Waals surface area contributed by atoms with Gasteiger partial charge in [0.1, 0.15) is 11.6 Å². The predicted molar refractivity (Wildman–Crippen MR) is 103 cm³/mol. The highest BCUT2D eigenvalue weighted by Crippen LogP contribution is 2.29. The number of carbonyl (C=O) groups is 1. The minimum atomic E-state index is -4.38. The van der Waals surface area contributed by atoms with E-state index in [1.165, 1.54) is 35.6 Å². The molecule has 0 spiro atoms. The fourth-order valence-electron chi connectivity index (χ4n) is 2.34. The first-order valence-corrected chi connectivity index (χ1v) is 9.23. The van der Waals surface area contributed by atoms with Gasteiger partial charge in [-0.1, -0.05) is 42.0 Å². The van der Waals surface area contributed by atoms with Crippen LogP contribution in [-0.4, -0.2) is 11.0 Å². The first-order valence-electron chi connectivity index (χ1n) is 8.35. The van der Waals surface area contributed by atoms with Crippen molar-refractivity contribution < 1.29 is 22.7 Å². The van der Waals surface area contributed by atoms with Crippen LogP contribution in [0, 0.1) is 6.92 Å². The Bertz CT molecular complexity index is 974. The summed E-state index contributed by atoms with van der Waals surface area (Å²) in [6, 6.07) is 12.5. The van der Waals surface area contributed by atoms with Gasteiger partial charge < -0.3 is 4.74 Å². The topological polar surface area (TPSA) is 39.2 Å². The third-order valence-electron chi connectivity index (χ3n) is 3.86. The van der Waals surface area contributed by atoms with E-state index in [0.29, 0.717) is 11.3 Å². The van der Waals surface area contributed by atoms with E-state index in [1.807, 2.05) is 36.6 Å². The van der Waals surface area contributed by atoms with Crippen molar-refractivity contribution in [2.75, 3.05) is 0 Å². The van der Waals surface area contributed by atoms with E-state index >= 15 is 0 Å². The summed E-state index contributed by atoms with van der Waals surface area (Å²) in [5, 5.41) is 2.66. The Kier molecular flexibility index (Phi) is 5.94. The first kappa shape index (κ1) is 19.8. The molecule has 0 atom stereocenters. The molecule has 0 N–H and O–H groups in total. The van der Waals surface area contributed by atoms with Gasteiger partial charge in [0.2, 0.25) is 0 Å². The lowest BCUT2D eigenvalue weighted by molar-refractivity contribution is -0.139. The van der Waals surface area contributed by atoms with E-state index < -0.39 is 17.7 Å². The average Bonchev–Trinajstić information content (AvgIpc) is 3.14. The SMILES string of the molecule is Cc1ccc(-c2nc(COC(=O)/C=C/c3ccc(C(F)(F)F)cc3)cs2)cc1. The minimum absolute atomic E-state index is 0.0263. The Morgan fingerprint density at radius 1 is 1.11 bits per heavy atom. The molecule has 2 aromatic carbocycles. The number of thiazole rings is 1. The Hall–Kier alpha value is -2.93. The summed E-state index contributed by atoms with van der Waals surface area (Å²) in [6.07, 6.45) is -1.80. The zero-order valence-electron chi connectivity index (χ0n) is 14.9. The number of nitrogens with zero attached hydrogens (tertiary/aromatic N) is 1. The van der Waals surface area contributed by atoms with E-state index in [0.717, 1.165) is 28.3 Å². The third kappa shape index (κ3) is 5.29. The van der Waals surface area contributed by atoms with Crippen LogP contribution in [-0.2, 0) is 22.3 Å². The summed E-state index contributed by atoms with van der Waals surface area (Å²) in [5.41, 5.74) is 2.53. The molecule has 3 nitrogen and oxygen atoms in total. The number of aryl methyl sites for hydroxylation is 1. The third-order valence-corrected chi connectivity index (χ3v) is 4.80. The molecule has 28 heavy (non-hydrogen) atoms. The van der Waals surface area contributed by atoms with Crippen LogP contribution in [0.25, 0.3) is 16.6 Å². The summed E-state index contributed by atoms with van der Waals surface area (Å²) < 4.78 is 42.7. The molecule has 0 aliphatic rings. The molecular weight excluding hydrogens is 387 g/mol. The van der Waals surface area contributed by atoms with Crippen LogP contribution in [0.4, 0.5) is 13.2 Å². The molecule has 0 aliphatic carbocycles. The number of hydrogen-bond acceptors (Lipinski definition) is 4. The summed E-state index contributed by atoms with van der Waals surface area (Å²) in [6.45, 7) is 2.03. The van der Waals surface area contributed by atoms with E-state index in [9.17, 15) is 18.0 Å². The Labute approximate surface area is 164 Å². The maximum absolute atomic E-state index is 12.5. The second-order valence-corrected chi connectivity index (χ2v) is 6.93. The second kappa shape index (κ2) is 8.39. The van der Waals surface area contributed by atoms with Crippen molar-refractivity contribution in [2.45, 2.75) is 19.7 Å². The maximum Gasteiger partial charge on any atom is 0.416 e. The van der Waals surface area contributed by atoms with Crippen LogP contribution >= 0.6 is 11.3 Å². The van der Waals surface area contributed by atoms with Crippen molar-refractivity contribution in [3.05, 3.63) is 82.4 Å². The molecule has 1 heterocycles. The van der Waals surface area contributed by atoms with Gasteiger partial charge in [0, 0.05) is 17.0 Å². The fraction of sp³-hybridized carbons (Fsp3) is 0.143. The molecule has 3 rings (SSSR count). The van der Waals surface area contributed by atoms with E-state index in [2.05, 4.69) is 4.98 Å². The quantitative estimate of drug-likeness (QED) is 0.394. The fourth-order valence-corrected chi connectivity index (χ4v) is 3.15. The standard InChI is InChI=1S/C21H16F3NO2S/c1-14-2-7-16(8-3-14)20-25-18(13-28-20)12-27-19(26)11-6-15-4-9-17(10-5-15)21(22,23)24/h2-11,13H,12H2,1H3/b11-6+. The monoisotopic (exact) mass is 403 g/mol. The lowest BCUT2D eigenvalue weighted by Gasteiger charge is -2.05. The molecule has 0 unspecified atom stereocenters. The molecule has 0 radical (unpaired) electrons. The number of carbonyl (C=O) groups excluding carboxylic acids is 1. The van der Waals surface area contributed by atoms with Gasteiger partial charge in [0.25, 0.3) is 0 Å². The van der Waals surface area contributed by atoms with Crippen LogP contribution in [0.2, 0.25) is 0 Å². The van der Waals surface area contributed by atoms with Gasteiger partial charge in [0.05, 0.1) is 11.3 Å². The number of halogens is 3. The highest BCUT2D eigenvalue weighted by Gasteiger charge is 2.29. The van der Waals surface area contributed by atoms with E-state index in [-0.39, 0.29) is 6.61 Å². The van der Waals surface area contributed by atoms with Crippen molar-refractivity contribution in [1.29, 1.82) is 0 Å². The highest BCUT2D eigenvalue weighted by atomic mass is 32.1. The van der Waals surface area contributed by atoms with Gasteiger partial charge in [-0.25, -0.2) is 9.78 Å². The molecular formula is C21H16F3NO2S. The van der Waals surface area contributed by atoms with E-state index in [1.54, 1.807) is 0 Å². The zero-order valence-corrected chi connectivity index (χ0v) is 15.7. The number of hydrogen-bond donors (Lipinski definition) is 0. The molecule has 1 aromatic heterocycles. The lowest BCUT2D eigenvalue weighted by Crippen LogP contribution is -2.04. The van der Waals surface area contributed by atoms with Gasteiger partial charge in [-0.15, -0.1) is 11.3 Å². The Morgan fingerprint density at radius 2 is 1.79 bits per heavy atom. The van der Waals surface area contributed by atoms with Gasteiger partial charge >= 0.3 is 12.1 Å². The van der Waals surface area contributed by atoms with E-state index in [4.69, 9.17) is 4.74 Å². The summed E-state index contributed by atoms with van der Waals surface area (Å²) in [4.78, 5) is 16.3. The van der Waals surface area contributed by atoms with Crippen molar-refractivity contribution in [3.63, 3.8) is 0 Å². The lowest BCUT2D eigenvalue weighted by atomic mass is 10.1. The van der Waals surface area contributed by atoms with Gasteiger partial charge in [-0.2, -0.15) is 13.2 Å². The maximum atomic E-state index is 12.5. The van der Waals surface area contributed by atoms with Crippen LogP contribution in [0.5, 0.6) is 0 Å². The smallest absolute Gasteiger partial charge is 0.416 e. The van der Waals surface area contributed by atoms with Crippen molar-refractivity contribution in [3.8, 4) is 10.6 Å². The van der Waals surface area contributed by atoms with Gasteiger partial charge in [-0.3, -0.25) is 0 Å². The molecule has 0 aliphatic heterocycles. The summed E-state index contributed by atoms with van der Waals surface area (Å²) >= 11 is 1.46. The van der Waals surface area contributed by atoms with Gasteiger partial charge in [0.15, 0.2) is 0 Å². The molecule has 7 heteroatoms. The highest BCUT2D eigenvalue weighted by molar-refractivity contribution is 7.13. The zero-order chi connectivity index (χ0) is 20.1. The molecule has 3 aromatic rings. The van der Waals surface area contributed by atoms with Gasteiger partial charge in [-0.05, 0) is 30.7 Å². The molecule has 0 saturated heterocycles. The number of rotatable bonds is 5. The summed E-state index contributed by atoms with van der Waals surface area (Å²) in [5.74, 6) is -0.593. The first-order chi connectivity index (χ1) is 13.3. The van der Waals surface area contributed by atoms with Crippen molar-refractivity contribution >= 4 is 23.4 Å². The normalized spacial score (nSPS) is 11.7. The number of aromatic nitrogens is 1.